The quantitative estimate of drug-likeness (QED) is 0.850. The van der Waals surface area contributed by atoms with E-state index in [4.69, 9.17) is 0 Å². The number of rotatable bonds is 3. The van der Waals surface area contributed by atoms with E-state index >= 15 is 0 Å². The summed E-state index contributed by atoms with van der Waals surface area (Å²) < 4.78 is 2.15. The average molecular weight is 215 g/mol. The van der Waals surface area contributed by atoms with Gasteiger partial charge in [-0.15, -0.1) is 0 Å². The SMILES string of the molecule is Cc1nc2ccc(CNC3CC3)cc2n1C. The molecular weight excluding hydrogens is 198 g/mol. The molecule has 3 nitrogen and oxygen atoms in total. The Balaban J connectivity index is 1.90. The highest BCUT2D eigenvalue weighted by molar-refractivity contribution is 5.76. The Hall–Kier alpha value is -1.35. The number of benzene rings is 1. The number of nitrogens with one attached hydrogen (secondary N) is 1. The highest BCUT2D eigenvalue weighted by Crippen LogP contribution is 2.20. The first-order chi connectivity index (χ1) is 7.74. The summed E-state index contributed by atoms with van der Waals surface area (Å²) in [7, 11) is 2.07. The number of imidazole rings is 1. The predicted octanol–water partition coefficient (Wildman–Crippen LogP) is 2.13. The standard InChI is InChI=1S/C13H17N3/c1-9-15-12-6-3-10(7-13(12)16(9)2)8-14-11-4-5-11/h3,6-7,11,14H,4-5,8H2,1-2H3. The normalized spacial score (nSPS) is 15.9. The van der Waals surface area contributed by atoms with Gasteiger partial charge in [0.1, 0.15) is 5.82 Å². The second kappa shape index (κ2) is 3.59. The Morgan fingerprint density at radius 1 is 1.44 bits per heavy atom. The van der Waals surface area contributed by atoms with Crippen molar-refractivity contribution in [3.8, 4) is 0 Å². The maximum atomic E-state index is 4.50. The van der Waals surface area contributed by atoms with Gasteiger partial charge < -0.3 is 9.88 Å². The van der Waals surface area contributed by atoms with Gasteiger partial charge in [-0.05, 0) is 37.5 Å². The van der Waals surface area contributed by atoms with Gasteiger partial charge in [-0.3, -0.25) is 0 Å². The van der Waals surface area contributed by atoms with Crippen molar-refractivity contribution in [3.05, 3.63) is 29.6 Å². The van der Waals surface area contributed by atoms with Gasteiger partial charge in [0.2, 0.25) is 0 Å². The molecule has 1 aromatic carbocycles. The lowest BCUT2D eigenvalue weighted by Gasteiger charge is -2.03. The number of fused-ring (bicyclic) bond motifs is 1. The van der Waals surface area contributed by atoms with Gasteiger partial charge >= 0.3 is 0 Å². The molecule has 1 aromatic heterocycles. The Morgan fingerprint density at radius 2 is 2.25 bits per heavy atom. The minimum Gasteiger partial charge on any atom is -0.331 e. The molecule has 84 valence electrons. The molecule has 1 aliphatic carbocycles. The van der Waals surface area contributed by atoms with E-state index < -0.39 is 0 Å². The monoisotopic (exact) mass is 215 g/mol. The Bertz CT molecular complexity index is 523. The lowest BCUT2D eigenvalue weighted by molar-refractivity contribution is 0.688. The van der Waals surface area contributed by atoms with Crippen molar-refractivity contribution in [2.75, 3.05) is 0 Å². The van der Waals surface area contributed by atoms with Gasteiger partial charge in [0, 0.05) is 19.6 Å². The van der Waals surface area contributed by atoms with Crippen molar-refractivity contribution < 1.29 is 0 Å². The summed E-state index contributed by atoms with van der Waals surface area (Å²) in [5.41, 5.74) is 3.67. The fourth-order valence-electron chi connectivity index (χ4n) is 2.02. The van der Waals surface area contributed by atoms with Crippen LogP contribution in [0.2, 0.25) is 0 Å². The molecule has 16 heavy (non-hydrogen) atoms. The van der Waals surface area contributed by atoms with Crippen molar-refractivity contribution >= 4 is 11.0 Å². The number of nitrogens with zero attached hydrogens (tertiary/aromatic N) is 2. The first-order valence-corrected chi connectivity index (χ1v) is 5.89. The maximum Gasteiger partial charge on any atom is 0.106 e. The average Bonchev–Trinajstić information content (AvgIpc) is 3.06. The van der Waals surface area contributed by atoms with Gasteiger partial charge in [-0.2, -0.15) is 0 Å². The van der Waals surface area contributed by atoms with E-state index in [9.17, 15) is 0 Å². The first-order valence-electron chi connectivity index (χ1n) is 5.89. The molecule has 0 spiro atoms. The van der Waals surface area contributed by atoms with E-state index in [1.807, 2.05) is 6.92 Å². The van der Waals surface area contributed by atoms with Crippen LogP contribution < -0.4 is 5.32 Å². The second-order valence-corrected chi connectivity index (χ2v) is 4.70. The molecule has 3 rings (SSSR count). The lowest BCUT2D eigenvalue weighted by atomic mass is 10.2. The van der Waals surface area contributed by atoms with Crippen LogP contribution in [-0.4, -0.2) is 15.6 Å². The summed E-state index contributed by atoms with van der Waals surface area (Å²) in [6.07, 6.45) is 2.68. The predicted molar refractivity (Wildman–Crippen MR) is 65.3 cm³/mol. The Kier molecular flexibility index (Phi) is 2.21. The number of hydrogen-bond donors (Lipinski definition) is 1. The zero-order valence-electron chi connectivity index (χ0n) is 9.83. The molecule has 1 fully saturated rings. The Labute approximate surface area is 95.5 Å². The maximum absolute atomic E-state index is 4.50. The molecule has 1 N–H and O–H groups in total. The van der Waals surface area contributed by atoms with Gasteiger partial charge in [0.25, 0.3) is 0 Å². The van der Waals surface area contributed by atoms with E-state index in [0.717, 1.165) is 23.9 Å². The fourth-order valence-corrected chi connectivity index (χ4v) is 2.02. The summed E-state index contributed by atoms with van der Waals surface area (Å²) in [4.78, 5) is 4.50. The van der Waals surface area contributed by atoms with Crippen molar-refractivity contribution in [3.63, 3.8) is 0 Å². The van der Waals surface area contributed by atoms with Crippen molar-refractivity contribution in [2.24, 2.45) is 7.05 Å². The topological polar surface area (TPSA) is 29.9 Å². The molecule has 0 saturated heterocycles. The zero-order chi connectivity index (χ0) is 11.1. The fraction of sp³-hybridized carbons (Fsp3) is 0.462. The summed E-state index contributed by atoms with van der Waals surface area (Å²) >= 11 is 0. The number of aromatic nitrogens is 2. The molecule has 1 aliphatic rings. The molecule has 0 amide bonds. The van der Waals surface area contributed by atoms with Crippen molar-refractivity contribution in [1.82, 2.24) is 14.9 Å². The van der Waals surface area contributed by atoms with E-state index in [2.05, 4.69) is 40.1 Å². The molecule has 0 atom stereocenters. The van der Waals surface area contributed by atoms with Crippen LogP contribution in [0.15, 0.2) is 18.2 Å². The molecule has 2 aromatic rings. The smallest absolute Gasteiger partial charge is 0.106 e. The van der Waals surface area contributed by atoms with E-state index in [0.29, 0.717) is 0 Å². The molecular formula is C13H17N3. The highest BCUT2D eigenvalue weighted by Gasteiger charge is 2.19. The van der Waals surface area contributed by atoms with Gasteiger partial charge in [-0.1, -0.05) is 6.07 Å². The van der Waals surface area contributed by atoms with E-state index in [1.165, 1.54) is 23.9 Å². The molecule has 1 saturated carbocycles. The number of hydrogen-bond acceptors (Lipinski definition) is 2. The molecule has 0 unspecified atom stereocenters. The third-order valence-electron chi connectivity index (χ3n) is 3.34. The van der Waals surface area contributed by atoms with Crippen LogP contribution in [0.1, 0.15) is 24.2 Å². The van der Waals surface area contributed by atoms with E-state index in [-0.39, 0.29) is 0 Å². The summed E-state index contributed by atoms with van der Waals surface area (Å²) in [5, 5.41) is 3.53. The molecule has 1 heterocycles. The molecule has 3 heteroatoms. The van der Waals surface area contributed by atoms with Crippen LogP contribution in [0.3, 0.4) is 0 Å². The van der Waals surface area contributed by atoms with Crippen LogP contribution in [0.5, 0.6) is 0 Å². The third-order valence-corrected chi connectivity index (χ3v) is 3.34. The van der Waals surface area contributed by atoms with Crippen LogP contribution in [0.25, 0.3) is 11.0 Å². The molecule has 0 aliphatic heterocycles. The molecule has 0 radical (unpaired) electrons. The van der Waals surface area contributed by atoms with Gasteiger partial charge in [0.15, 0.2) is 0 Å². The minimum absolute atomic E-state index is 0.768. The molecule has 0 bridgehead atoms. The van der Waals surface area contributed by atoms with Crippen LogP contribution >= 0.6 is 0 Å². The third kappa shape index (κ3) is 1.71. The van der Waals surface area contributed by atoms with Crippen LogP contribution in [0.4, 0.5) is 0 Å². The highest BCUT2D eigenvalue weighted by atomic mass is 15.0. The minimum atomic E-state index is 0.768. The first kappa shape index (κ1) is 9.85. The van der Waals surface area contributed by atoms with Crippen molar-refractivity contribution in [1.29, 1.82) is 0 Å². The van der Waals surface area contributed by atoms with Crippen molar-refractivity contribution in [2.45, 2.75) is 32.4 Å². The van der Waals surface area contributed by atoms with Gasteiger partial charge in [-0.25, -0.2) is 4.98 Å². The van der Waals surface area contributed by atoms with Gasteiger partial charge in [0.05, 0.1) is 11.0 Å². The summed E-state index contributed by atoms with van der Waals surface area (Å²) in [6.45, 7) is 3.02. The summed E-state index contributed by atoms with van der Waals surface area (Å²) in [5.74, 6) is 1.07. The second-order valence-electron chi connectivity index (χ2n) is 4.70. The lowest BCUT2D eigenvalue weighted by Crippen LogP contribution is -2.15. The largest absolute Gasteiger partial charge is 0.331 e. The van der Waals surface area contributed by atoms with Crippen LogP contribution in [-0.2, 0) is 13.6 Å². The van der Waals surface area contributed by atoms with Crippen LogP contribution in [0, 0.1) is 6.92 Å². The zero-order valence-corrected chi connectivity index (χ0v) is 9.83. The number of aryl methyl sites for hydroxylation is 2. The summed E-state index contributed by atoms with van der Waals surface area (Å²) in [6, 6.07) is 7.30. The Morgan fingerprint density at radius 3 is 3.00 bits per heavy atom. The van der Waals surface area contributed by atoms with E-state index in [1.54, 1.807) is 0 Å².